The number of carbonyl (C=O) groups is 1. The van der Waals surface area contributed by atoms with Crippen molar-refractivity contribution in [3.63, 3.8) is 0 Å². The molecule has 0 bridgehead atoms. The van der Waals surface area contributed by atoms with Crippen molar-refractivity contribution >= 4 is 5.97 Å². The van der Waals surface area contributed by atoms with Gasteiger partial charge in [-0.2, -0.15) is 0 Å². The van der Waals surface area contributed by atoms with E-state index in [1.54, 1.807) is 0 Å². The number of aromatic nitrogens is 3. The normalized spacial score (nSPS) is 27.8. The second kappa shape index (κ2) is 4.68. The number of nitrogens with one attached hydrogen (secondary N) is 1. The summed E-state index contributed by atoms with van der Waals surface area (Å²) < 4.78 is 2.02. The first-order valence-corrected chi connectivity index (χ1v) is 6.66. The summed E-state index contributed by atoms with van der Waals surface area (Å²) in [4.78, 5) is 11.2. The van der Waals surface area contributed by atoms with Gasteiger partial charge in [0.15, 0.2) is 0 Å². The van der Waals surface area contributed by atoms with Gasteiger partial charge in [0.25, 0.3) is 0 Å². The number of hydrogen-bond donors (Lipinski definition) is 2. The van der Waals surface area contributed by atoms with Gasteiger partial charge in [0.2, 0.25) is 0 Å². The van der Waals surface area contributed by atoms with Crippen LogP contribution >= 0.6 is 0 Å². The van der Waals surface area contributed by atoms with Crippen LogP contribution in [0, 0.1) is 0 Å². The van der Waals surface area contributed by atoms with E-state index < -0.39 is 11.9 Å². The Morgan fingerprint density at radius 1 is 1.22 bits per heavy atom. The van der Waals surface area contributed by atoms with Crippen molar-refractivity contribution < 1.29 is 9.90 Å². The van der Waals surface area contributed by atoms with Crippen molar-refractivity contribution in [1.29, 1.82) is 0 Å². The van der Waals surface area contributed by atoms with Crippen LogP contribution in [0.3, 0.4) is 0 Å². The van der Waals surface area contributed by atoms with Crippen molar-refractivity contribution in [1.82, 2.24) is 20.1 Å². The minimum atomic E-state index is -0.786. The number of piperidine rings is 1. The van der Waals surface area contributed by atoms with Crippen LogP contribution in [-0.2, 0) is 11.3 Å². The van der Waals surface area contributed by atoms with Gasteiger partial charge in [0, 0.05) is 6.54 Å². The molecule has 6 heteroatoms. The van der Waals surface area contributed by atoms with Crippen LogP contribution in [0.25, 0.3) is 0 Å². The summed E-state index contributed by atoms with van der Waals surface area (Å²) in [5, 5.41) is 21.0. The monoisotopic (exact) mass is 250 g/mol. The Bertz CT molecular complexity index is 451. The predicted octanol–water partition coefficient (Wildman–Crippen LogP) is 1.05. The quantitative estimate of drug-likeness (QED) is 0.820. The Hall–Kier alpha value is -1.43. The summed E-state index contributed by atoms with van der Waals surface area (Å²) >= 11 is 0. The van der Waals surface area contributed by atoms with Gasteiger partial charge in [0.1, 0.15) is 17.6 Å². The zero-order chi connectivity index (χ0) is 12.5. The van der Waals surface area contributed by atoms with E-state index in [-0.39, 0.29) is 6.04 Å². The average molecular weight is 250 g/mol. The first kappa shape index (κ1) is 11.6. The molecule has 0 radical (unpaired) electrons. The van der Waals surface area contributed by atoms with Gasteiger partial charge in [-0.25, -0.2) is 0 Å². The lowest BCUT2D eigenvalue weighted by atomic mass is 9.98. The van der Waals surface area contributed by atoms with E-state index in [4.69, 9.17) is 0 Å². The van der Waals surface area contributed by atoms with Crippen LogP contribution in [0.5, 0.6) is 0 Å². The molecule has 2 atom stereocenters. The molecule has 3 rings (SSSR count). The maximum atomic E-state index is 11.2. The molecule has 2 N–H and O–H groups in total. The van der Waals surface area contributed by atoms with E-state index in [9.17, 15) is 9.90 Å². The molecule has 1 fully saturated rings. The predicted molar refractivity (Wildman–Crippen MR) is 64.2 cm³/mol. The summed E-state index contributed by atoms with van der Waals surface area (Å²) in [7, 11) is 0. The molecule has 0 aromatic carbocycles. The lowest BCUT2D eigenvalue weighted by Crippen LogP contribution is -2.31. The second-order valence-electron chi connectivity index (χ2n) is 5.10. The van der Waals surface area contributed by atoms with Crippen molar-refractivity contribution in [3.8, 4) is 0 Å². The summed E-state index contributed by atoms with van der Waals surface area (Å²) in [6.45, 7) is 1.86. The smallest absolute Gasteiger partial charge is 0.314 e. The third-order valence-corrected chi connectivity index (χ3v) is 3.91. The summed E-state index contributed by atoms with van der Waals surface area (Å²) in [6.07, 6.45) is 5.03. The minimum absolute atomic E-state index is 0.243. The topological polar surface area (TPSA) is 80.0 Å². The molecule has 2 aliphatic rings. The van der Waals surface area contributed by atoms with Gasteiger partial charge in [-0.05, 0) is 32.2 Å². The second-order valence-corrected chi connectivity index (χ2v) is 5.10. The molecule has 1 saturated heterocycles. The molecule has 3 heterocycles. The lowest BCUT2D eigenvalue weighted by Gasteiger charge is -2.26. The molecule has 98 valence electrons. The number of fused-ring (bicyclic) bond motifs is 1. The molecule has 6 nitrogen and oxygen atoms in total. The molecular formula is C12H18N4O2. The van der Waals surface area contributed by atoms with E-state index in [2.05, 4.69) is 15.5 Å². The van der Waals surface area contributed by atoms with E-state index in [1.807, 2.05) is 4.57 Å². The van der Waals surface area contributed by atoms with Crippen LogP contribution in [0.2, 0.25) is 0 Å². The number of nitrogens with zero attached hydrogens (tertiary/aromatic N) is 3. The largest absolute Gasteiger partial charge is 0.481 e. The van der Waals surface area contributed by atoms with Crippen molar-refractivity contribution in [3.05, 3.63) is 11.6 Å². The van der Waals surface area contributed by atoms with E-state index in [0.717, 1.165) is 31.8 Å². The van der Waals surface area contributed by atoms with Gasteiger partial charge in [-0.1, -0.05) is 6.42 Å². The molecule has 1 aromatic rings. The molecule has 0 amide bonds. The van der Waals surface area contributed by atoms with Crippen LogP contribution in [0.1, 0.15) is 55.7 Å². The highest BCUT2D eigenvalue weighted by molar-refractivity contribution is 5.75. The zero-order valence-electron chi connectivity index (χ0n) is 10.3. The molecule has 1 aromatic heterocycles. The van der Waals surface area contributed by atoms with Crippen molar-refractivity contribution in [2.24, 2.45) is 0 Å². The zero-order valence-corrected chi connectivity index (χ0v) is 10.3. The van der Waals surface area contributed by atoms with Gasteiger partial charge in [0.05, 0.1) is 6.04 Å². The molecule has 0 aliphatic carbocycles. The number of aliphatic carboxylic acids is 1. The highest BCUT2D eigenvalue weighted by atomic mass is 16.4. The lowest BCUT2D eigenvalue weighted by molar-refractivity contribution is -0.139. The van der Waals surface area contributed by atoms with Crippen LogP contribution < -0.4 is 5.32 Å². The molecular weight excluding hydrogens is 232 g/mol. The van der Waals surface area contributed by atoms with Crippen LogP contribution in [-0.4, -0.2) is 32.4 Å². The van der Waals surface area contributed by atoms with E-state index in [1.165, 1.54) is 12.8 Å². The average Bonchev–Trinajstić information content (AvgIpc) is 2.83. The first-order chi connectivity index (χ1) is 8.77. The highest BCUT2D eigenvalue weighted by Gasteiger charge is 2.32. The maximum absolute atomic E-state index is 11.2. The Morgan fingerprint density at radius 2 is 2.06 bits per heavy atom. The Kier molecular flexibility index (Phi) is 3.03. The first-order valence-electron chi connectivity index (χ1n) is 6.66. The van der Waals surface area contributed by atoms with Crippen molar-refractivity contribution in [2.75, 3.05) is 6.54 Å². The maximum Gasteiger partial charge on any atom is 0.314 e. The van der Waals surface area contributed by atoms with Gasteiger partial charge in [-0.15, -0.1) is 10.2 Å². The standard InChI is InChI=1S/C12H18N4O2/c17-12(18)8-4-3-7-16-10(8)14-15-11(16)9-5-1-2-6-13-9/h8-9,13H,1-7H2,(H,17,18). The van der Waals surface area contributed by atoms with Gasteiger partial charge in [-0.3, -0.25) is 4.79 Å². The van der Waals surface area contributed by atoms with Crippen LogP contribution in [0.15, 0.2) is 0 Å². The summed E-state index contributed by atoms with van der Waals surface area (Å²) in [5.41, 5.74) is 0. The number of rotatable bonds is 2. The van der Waals surface area contributed by atoms with Gasteiger partial charge < -0.3 is 15.0 Å². The molecule has 0 spiro atoms. The molecule has 0 saturated carbocycles. The Labute approximate surface area is 105 Å². The fourth-order valence-corrected chi connectivity index (χ4v) is 2.96. The Balaban J connectivity index is 1.91. The summed E-state index contributed by atoms with van der Waals surface area (Å²) in [5.74, 6) is 0.293. The minimum Gasteiger partial charge on any atom is -0.481 e. The number of carboxylic acid groups (broad SMARTS) is 1. The van der Waals surface area contributed by atoms with E-state index >= 15 is 0 Å². The Morgan fingerprint density at radius 3 is 2.78 bits per heavy atom. The molecule has 18 heavy (non-hydrogen) atoms. The fourth-order valence-electron chi connectivity index (χ4n) is 2.96. The highest BCUT2D eigenvalue weighted by Crippen LogP contribution is 2.30. The number of carboxylic acids is 1. The third-order valence-electron chi connectivity index (χ3n) is 3.91. The third kappa shape index (κ3) is 1.90. The summed E-state index contributed by atoms with van der Waals surface area (Å²) in [6, 6.07) is 0.243. The molecule has 2 unspecified atom stereocenters. The molecule has 2 aliphatic heterocycles. The van der Waals surface area contributed by atoms with Crippen molar-refractivity contribution in [2.45, 2.75) is 50.6 Å². The van der Waals surface area contributed by atoms with E-state index in [0.29, 0.717) is 12.2 Å². The van der Waals surface area contributed by atoms with Crippen LogP contribution in [0.4, 0.5) is 0 Å². The van der Waals surface area contributed by atoms with Gasteiger partial charge >= 0.3 is 5.97 Å². The SMILES string of the molecule is O=C(O)C1CCCn2c(C3CCCCN3)nnc21. The fraction of sp³-hybridized carbons (Fsp3) is 0.750. The number of hydrogen-bond acceptors (Lipinski definition) is 4.